The van der Waals surface area contributed by atoms with Gasteiger partial charge in [-0.15, -0.1) is 11.3 Å². The molecule has 0 saturated carbocycles. The second-order valence-electron chi connectivity index (χ2n) is 12.5. The predicted molar refractivity (Wildman–Crippen MR) is 210 cm³/mol. The summed E-state index contributed by atoms with van der Waals surface area (Å²) < 4.78 is 55.1. The van der Waals surface area contributed by atoms with Crippen LogP contribution in [0.25, 0.3) is 26.3 Å². The summed E-state index contributed by atoms with van der Waals surface area (Å²) in [6, 6.07) is 14.9. The van der Waals surface area contributed by atoms with Gasteiger partial charge in [0.25, 0.3) is 5.56 Å². The second kappa shape index (κ2) is 19.5. The van der Waals surface area contributed by atoms with Crippen molar-refractivity contribution in [3.05, 3.63) is 104 Å². The third kappa shape index (κ3) is 9.76. The Bertz CT molecular complexity index is 2190. The van der Waals surface area contributed by atoms with Crippen molar-refractivity contribution in [1.29, 1.82) is 0 Å². The number of halogens is 2. The van der Waals surface area contributed by atoms with E-state index in [9.17, 15) is 14.4 Å². The van der Waals surface area contributed by atoms with Crippen molar-refractivity contribution in [2.24, 2.45) is 0 Å². The lowest BCUT2D eigenvalue weighted by atomic mass is 10.1. The molecule has 0 radical (unpaired) electrons. The second-order valence-corrected chi connectivity index (χ2v) is 13.5. The molecule has 16 heteroatoms. The van der Waals surface area contributed by atoms with Crippen LogP contribution in [0.3, 0.4) is 0 Å². The number of aromatic nitrogens is 2. The monoisotopic (exact) mass is 780 g/mol. The molecule has 3 aromatic carbocycles. The molecule has 2 heterocycles. The smallest absolute Gasteiger partial charge is 0.337 e. The quantitative estimate of drug-likeness (QED) is 0.0984. The fourth-order valence-corrected chi connectivity index (χ4v) is 7.17. The van der Waals surface area contributed by atoms with Gasteiger partial charge in [-0.25, -0.2) is 22.9 Å². The molecule has 0 fully saturated rings. The lowest BCUT2D eigenvalue weighted by Crippen LogP contribution is -2.39. The Labute approximate surface area is 321 Å². The number of thiophene rings is 1. The van der Waals surface area contributed by atoms with Gasteiger partial charge in [-0.3, -0.25) is 14.3 Å². The van der Waals surface area contributed by atoms with Crippen LogP contribution in [0.5, 0.6) is 11.5 Å². The van der Waals surface area contributed by atoms with Crippen molar-refractivity contribution in [2.45, 2.75) is 20.0 Å². The summed E-state index contributed by atoms with van der Waals surface area (Å²) in [5, 5.41) is 8.69. The van der Waals surface area contributed by atoms with Gasteiger partial charge >= 0.3 is 11.7 Å². The van der Waals surface area contributed by atoms with Gasteiger partial charge in [0.1, 0.15) is 29.7 Å². The van der Waals surface area contributed by atoms with Gasteiger partial charge in [0, 0.05) is 62.6 Å². The Morgan fingerprint density at radius 3 is 2.27 bits per heavy atom. The summed E-state index contributed by atoms with van der Waals surface area (Å²) >= 11 is 1.17. The van der Waals surface area contributed by atoms with Gasteiger partial charge in [0.15, 0.2) is 11.5 Å². The first-order chi connectivity index (χ1) is 26.6. The third-order valence-electron chi connectivity index (χ3n) is 8.64. The first-order valence-corrected chi connectivity index (χ1v) is 18.5. The molecular formula is C39H46F2N6O7S. The van der Waals surface area contributed by atoms with Crippen molar-refractivity contribution in [2.75, 3.05) is 79.7 Å². The van der Waals surface area contributed by atoms with Crippen LogP contribution in [0.4, 0.5) is 19.3 Å². The molecule has 13 nitrogen and oxygen atoms in total. The summed E-state index contributed by atoms with van der Waals surface area (Å²) in [4.78, 5) is 44.6. The number of rotatable bonds is 19. The highest BCUT2D eigenvalue weighted by Gasteiger charge is 2.26. The molecule has 0 unspecified atom stereocenters. The van der Waals surface area contributed by atoms with Crippen molar-refractivity contribution in [3.63, 3.8) is 0 Å². The maximum atomic E-state index is 15.2. The van der Waals surface area contributed by atoms with E-state index in [4.69, 9.17) is 18.9 Å². The number of hydrogen-bond acceptors (Lipinski definition) is 10. The fraction of sp³-hybridized carbons (Fsp3) is 0.359. The number of nitrogens with one attached hydrogen (secondary N) is 3. The molecule has 5 aromatic rings. The SMILES string of the molecule is CCNC(=O)Nc1ccc(-c2sc3c(c2CN(C)CCOC)c(=O)n(-c2ccc(OCCOC)c(OCCNC)c2)c(=O)n3Cc2c(F)cccc2F)cc1. The van der Waals surface area contributed by atoms with Crippen molar-refractivity contribution >= 4 is 33.3 Å². The number of methoxy groups -OCH3 is 2. The average molecular weight is 781 g/mol. The molecule has 0 atom stereocenters. The number of amides is 2. The number of anilines is 1. The van der Waals surface area contributed by atoms with E-state index >= 15 is 8.78 Å². The maximum Gasteiger partial charge on any atom is 0.337 e. The molecule has 0 aliphatic carbocycles. The highest BCUT2D eigenvalue weighted by atomic mass is 32.1. The molecule has 2 amide bonds. The van der Waals surface area contributed by atoms with E-state index in [0.29, 0.717) is 60.3 Å². The molecule has 55 heavy (non-hydrogen) atoms. The van der Waals surface area contributed by atoms with Crippen LogP contribution in [0, 0.1) is 11.6 Å². The van der Waals surface area contributed by atoms with Gasteiger partial charge in [-0.05, 0) is 68.5 Å². The minimum absolute atomic E-state index is 0.172. The van der Waals surface area contributed by atoms with E-state index in [1.807, 2.05) is 18.9 Å². The zero-order valence-corrected chi connectivity index (χ0v) is 32.3. The summed E-state index contributed by atoms with van der Waals surface area (Å²) in [5.74, 6) is -0.999. The van der Waals surface area contributed by atoms with E-state index < -0.39 is 29.4 Å². The van der Waals surface area contributed by atoms with Crippen LogP contribution in [-0.4, -0.2) is 94.4 Å². The molecule has 2 aromatic heterocycles. The number of nitrogens with zero attached hydrogens (tertiary/aromatic N) is 3. The predicted octanol–water partition coefficient (Wildman–Crippen LogP) is 5.05. The molecule has 0 saturated heterocycles. The Morgan fingerprint density at radius 1 is 0.891 bits per heavy atom. The van der Waals surface area contributed by atoms with Crippen LogP contribution in [0.15, 0.2) is 70.3 Å². The van der Waals surface area contributed by atoms with Gasteiger partial charge in [-0.2, -0.15) is 0 Å². The zero-order chi connectivity index (χ0) is 39.5. The summed E-state index contributed by atoms with van der Waals surface area (Å²) in [7, 11) is 6.81. The Kier molecular flexibility index (Phi) is 14.5. The van der Waals surface area contributed by atoms with Gasteiger partial charge in [-0.1, -0.05) is 18.2 Å². The lowest BCUT2D eigenvalue weighted by Gasteiger charge is -2.18. The highest BCUT2D eigenvalue weighted by Crippen LogP contribution is 2.39. The van der Waals surface area contributed by atoms with E-state index in [-0.39, 0.29) is 53.0 Å². The van der Waals surface area contributed by atoms with E-state index in [2.05, 4.69) is 16.0 Å². The van der Waals surface area contributed by atoms with Crippen LogP contribution >= 0.6 is 11.3 Å². The fourth-order valence-electron chi connectivity index (χ4n) is 5.86. The van der Waals surface area contributed by atoms with E-state index in [1.54, 1.807) is 63.7 Å². The molecule has 3 N–H and O–H groups in total. The van der Waals surface area contributed by atoms with Crippen LogP contribution in [-0.2, 0) is 22.6 Å². The van der Waals surface area contributed by atoms with Gasteiger partial charge in [0.2, 0.25) is 0 Å². The average Bonchev–Trinajstić information content (AvgIpc) is 3.53. The first-order valence-electron chi connectivity index (χ1n) is 17.7. The van der Waals surface area contributed by atoms with Crippen molar-refractivity contribution < 1.29 is 32.5 Å². The van der Waals surface area contributed by atoms with Gasteiger partial charge in [0.05, 0.1) is 30.8 Å². The highest BCUT2D eigenvalue weighted by molar-refractivity contribution is 7.22. The zero-order valence-electron chi connectivity index (χ0n) is 31.5. The number of ether oxygens (including phenoxy) is 4. The maximum absolute atomic E-state index is 15.2. The Morgan fingerprint density at radius 2 is 1.60 bits per heavy atom. The number of benzene rings is 3. The van der Waals surface area contributed by atoms with Crippen molar-refractivity contribution in [3.8, 4) is 27.6 Å². The Hall–Kier alpha value is -5.13. The normalized spacial score (nSPS) is 11.3. The van der Waals surface area contributed by atoms with Gasteiger partial charge < -0.3 is 34.9 Å². The number of urea groups is 1. The topological polar surface area (TPSA) is 137 Å². The molecular weight excluding hydrogens is 735 g/mol. The van der Waals surface area contributed by atoms with Crippen molar-refractivity contribution in [1.82, 2.24) is 24.7 Å². The van der Waals surface area contributed by atoms with Crippen LogP contribution in [0.1, 0.15) is 18.1 Å². The summed E-state index contributed by atoms with van der Waals surface area (Å²) in [6.45, 7) is 4.31. The minimum Gasteiger partial charge on any atom is -0.488 e. The molecule has 294 valence electrons. The molecule has 0 aliphatic rings. The standard InChI is InChI=1S/C39H46F2N6O7S/c1-6-43-38(49)44-26-12-10-25(11-13-26)35-29(23-45(3)17-19-51-4)34-36(48)47(27-14-15-32(54-21-20-52-5)33(22-27)53-18-16-42-2)39(50)46(37(34)55-35)24-28-30(40)8-7-9-31(28)41/h7-15,22,42H,6,16-21,23-24H2,1-5H3,(H2,43,44,49). The Balaban J connectivity index is 1.78. The number of carbonyl (C=O) groups is 1. The van der Waals surface area contributed by atoms with E-state index in [1.165, 1.54) is 22.0 Å². The largest absolute Gasteiger partial charge is 0.488 e. The minimum atomic E-state index is -0.831. The summed E-state index contributed by atoms with van der Waals surface area (Å²) in [6.07, 6.45) is 0. The molecule has 0 aliphatic heterocycles. The lowest BCUT2D eigenvalue weighted by molar-refractivity contribution is 0.143. The third-order valence-corrected chi connectivity index (χ3v) is 9.94. The van der Waals surface area contributed by atoms with E-state index in [0.717, 1.165) is 16.7 Å². The first kappa shape index (κ1) is 41.0. The number of hydrogen-bond donors (Lipinski definition) is 3. The van der Waals surface area contributed by atoms with Crippen LogP contribution < -0.4 is 36.7 Å². The molecule has 5 rings (SSSR count). The summed E-state index contributed by atoms with van der Waals surface area (Å²) in [5.41, 5.74) is 0.280. The number of likely N-dealkylation sites (N-methyl/N-ethyl adjacent to an activating group) is 2. The van der Waals surface area contributed by atoms with Crippen LogP contribution in [0.2, 0.25) is 0 Å². The number of fused-ring (bicyclic) bond motifs is 1. The number of carbonyl (C=O) groups excluding carboxylic acids is 1. The molecule has 0 bridgehead atoms. The molecule has 0 spiro atoms.